The molecule has 1 rings (SSSR count). The minimum atomic E-state index is -0.0632. The Morgan fingerprint density at radius 1 is 1.25 bits per heavy atom. The second-order valence-electron chi connectivity index (χ2n) is 5.03. The third-order valence-electron chi connectivity index (χ3n) is 3.16. The molecule has 1 aromatic rings. The van der Waals surface area contributed by atoms with Gasteiger partial charge in [0.1, 0.15) is 5.75 Å². The SMILES string of the molecule is CCCCCC(C)NC(=O)COc1ccc(NC)cc1. The molecule has 1 unspecified atom stereocenters. The number of unbranched alkanes of at least 4 members (excludes halogenated alkanes) is 2. The number of carbonyl (C=O) groups excluding carboxylic acids is 1. The summed E-state index contributed by atoms with van der Waals surface area (Å²) >= 11 is 0. The molecule has 0 spiro atoms. The summed E-state index contributed by atoms with van der Waals surface area (Å²) in [6.45, 7) is 4.28. The summed E-state index contributed by atoms with van der Waals surface area (Å²) in [7, 11) is 1.86. The maximum atomic E-state index is 11.7. The molecular formula is C16H26N2O2. The number of nitrogens with one attached hydrogen (secondary N) is 2. The number of benzene rings is 1. The van der Waals surface area contributed by atoms with E-state index in [4.69, 9.17) is 4.74 Å². The largest absolute Gasteiger partial charge is 0.484 e. The summed E-state index contributed by atoms with van der Waals surface area (Å²) in [5.41, 5.74) is 1.02. The van der Waals surface area contributed by atoms with Gasteiger partial charge in [-0.1, -0.05) is 26.2 Å². The van der Waals surface area contributed by atoms with Gasteiger partial charge in [-0.05, 0) is 37.6 Å². The predicted octanol–water partition coefficient (Wildman–Crippen LogP) is 3.19. The molecule has 0 saturated heterocycles. The van der Waals surface area contributed by atoms with Crippen molar-refractivity contribution in [3.05, 3.63) is 24.3 Å². The Morgan fingerprint density at radius 2 is 1.95 bits per heavy atom. The Morgan fingerprint density at radius 3 is 2.55 bits per heavy atom. The molecule has 0 aliphatic carbocycles. The number of hydrogen-bond acceptors (Lipinski definition) is 3. The average Bonchev–Trinajstić information content (AvgIpc) is 2.46. The first kappa shape index (κ1) is 16.3. The fourth-order valence-electron chi connectivity index (χ4n) is 1.96. The number of hydrogen-bond donors (Lipinski definition) is 2. The molecule has 0 radical (unpaired) electrons. The normalized spacial score (nSPS) is 11.8. The highest BCUT2D eigenvalue weighted by atomic mass is 16.5. The minimum absolute atomic E-state index is 0.0632. The highest BCUT2D eigenvalue weighted by Gasteiger charge is 2.07. The van der Waals surface area contributed by atoms with E-state index in [1.165, 1.54) is 12.8 Å². The molecule has 2 N–H and O–H groups in total. The highest BCUT2D eigenvalue weighted by molar-refractivity contribution is 5.77. The Balaban J connectivity index is 2.24. The van der Waals surface area contributed by atoms with Crippen LogP contribution in [0.1, 0.15) is 39.5 Å². The van der Waals surface area contributed by atoms with Crippen LogP contribution >= 0.6 is 0 Å². The number of anilines is 1. The molecule has 0 fully saturated rings. The standard InChI is InChI=1S/C16H26N2O2/c1-4-5-6-7-13(2)18-16(19)12-20-15-10-8-14(17-3)9-11-15/h8-11,13,17H,4-7,12H2,1-3H3,(H,18,19). The van der Waals surface area contributed by atoms with Gasteiger partial charge in [0, 0.05) is 18.8 Å². The number of rotatable bonds is 9. The lowest BCUT2D eigenvalue weighted by Crippen LogP contribution is -2.36. The summed E-state index contributed by atoms with van der Waals surface area (Å²) in [6.07, 6.45) is 4.60. The topological polar surface area (TPSA) is 50.4 Å². The molecule has 0 aliphatic rings. The van der Waals surface area contributed by atoms with E-state index in [-0.39, 0.29) is 18.6 Å². The van der Waals surface area contributed by atoms with Crippen LogP contribution in [0.2, 0.25) is 0 Å². The third kappa shape index (κ3) is 6.45. The minimum Gasteiger partial charge on any atom is -0.484 e. The Kier molecular flexibility index (Phi) is 7.55. The van der Waals surface area contributed by atoms with Crippen molar-refractivity contribution in [3.8, 4) is 5.75 Å². The van der Waals surface area contributed by atoms with Crippen LogP contribution in [0.3, 0.4) is 0 Å². The average molecular weight is 278 g/mol. The van der Waals surface area contributed by atoms with E-state index in [1.807, 2.05) is 38.2 Å². The van der Waals surface area contributed by atoms with Gasteiger partial charge < -0.3 is 15.4 Å². The van der Waals surface area contributed by atoms with Gasteiger partial charge >= 0.3 is 0 Å². The zero-order chi connectivity index (χ0) is 14.8. The van der Waals surface area contributed by atoms with Crippen LogP contribution in [0.25, 0.3) is 0 Å². The van der Waals surface area contributed by atoms with E-state index in [2.05, 4.69) is 17.6 Å². The molecule has 0 heterocycles. The van der Waals surface area contributed by atoms with Crippen LogP contribution in [0.4, 0.5) is 5.69 Å². The first-order chi connectivity index (χ1) is 9.65. The summed E-state index contributed by atoms with van der Waals surface area (Å²) < 4.78 is 5.45. The smallest absolute Gasteiger partial charge is 0.258 e. The zero-order valence-electron chi connectivity index (χ0n) is 12.7. The van der Waals surface area contributed by atoms with Crippen LogP contribution in [-0.4, -0.2) is 25.6 Å². The van der Waals surface area contributed by atoms with Crippen molar-refractivity contribution in [2.45, 2.75) is 45.6 Å². The van der Waals surface area contributed by atoms with Gasteiger partial charge in [-0.3, -0.25) is 4.79 Å². The van der Waals surface area contributed by atoms with E-state index in [0.29, 0.717) is 5.75 Å². The summed E-state index contributed by atoms with van der Waals surface area (Å²) in [5.74, 6) is 0.643. The fourth-order valence-corrected chi connectivity index (χ4v) is 1.96. The van der Waals surface area contributed by atoms with Crippen molar-refractivity contribution < 1.29 is 9.53 Å². The van der Waals surface area contributed by atoms with Crippen molar-refractivity contribution in [2.75, 3.05) is 19.0 Å². The van der Waals surface area contributed by atoms with E-state index in [0.717, 1.165) is 18.5 Å². The first-order valence-corrected chi connectivity index (χ1v) is 7.35. The number of amides is 1. The molecule has 20 heavy (non-hydrogen) atoms. The summed E-state index contributed by atoms with van der Waals surface area (Å²) in [4.78, 5) is 11.7. The molecular weight excluding hydrogens is 252 g/mol. The molecule has 0 saturated carbocycles. The molecule has 4 heteroatoms. The van der Waals surface area contributed by atoms with Crippen LogP contribution in [0.5, 0.6) is 5.75 Å². The summed E-state index contributed by atoms with van der Waals surface area (Å²) in [5, 5.41) is 5.99. The van der Waals surface area contributed by atoms with Gasteiger partial charge in [-0.15, -0.1) is 0 Å². The maximum absolute atomic E-state index is 11.7. The third-order valence-corrected chi connectivity index (χ3v) is 3.16. The van der Waals surface area contributed by atoms with Crippen LogP contribution in [0, 0.1) is 0 Å². The Bertz CT molecular complexity index is 390. The molecule has 1 amide bonds. The molecule has 1 atom stereocenters. The van der Waals surface area contributed by atoms with Gasteiger partial charge in [0.15, 0.2) is 6.61 Å². The lowest BCUT2D eigenvalue weighted by Gasteiger charge is -2.14. The van der Waals surface area contributed by atoms with Crippen molar-refractivity contribution in [2.24, 2.45) is 0 Å². The van der Waals surface area contributed by atoms with Gasteiger partial charge in [0.05, 0.1) is 0 Å². The number of carbonyl (C=O) groups is 1. The highest BCUT2D eigenvalue weighted by Crippen LogP contribution is 2.14. The first-order valence-electron chi connectivity index (χ1n) is 7.35. The molecule has 1 aromatic carbocycles. The second-order valence-corrected chi connectivity index (χ2v) is 5.03. The van der Waals surface area contributed by atoms with E-state index in [9.17, 15) is 4.79 Å². The van der Waals surface area contributed by atoms with Gasteiger partial charge in [-0.2, -0.15) is 0 Å². The quantitative estimate of drug-likeness (QED) is 0.682. The maximum Gasteiger partial charge on any atom is 0.258 e. The predicted molar refractivity (Wildman–Crippen MR) is 83.2 cm³/mol. The van der Waals surface area contributed by atoms with Crippen LogP contribution < -0.4 is 15.4 Å². The van der Waals surface area contributed by atoms with Crippen molar-refractivity contribution in [3.63, 3.8) is 0 Å². The molecule has 0 aliphatic heterocycles. The lowest BCUT2D eigenvalue weighted by molar-refractivity contribution is -0.123. The molecule has 4 nitrogen and oxygen atoms in total. The van der Waals surface area contributed by atoms with Crippen molar-refractivity contribution >= 4 is 11.6 Å². The molecule has 112 valence electrons. The van der Waals surface area contributed by atoms with Gasteiger partial charge in [0.2, 0.25) is 0 Å². The van der Waals surface area contributed by atoms with Crippen molar-refractivity contribution in [1.29, 1.82) is 0 Å². The monoisotopic (exact) mass is 278 g/mol. The Labute approximate surface area is 121 Å². The van der Waals surface area contributed by atoms with Crippen molar-refractivity contribution in [1.82, 2.24) is 5.32 Å². The van der Waals surface area contributed by atoms with E-state index >= 15 is 0 Å². The van der Waals surface area contributed by atoms with Gasteiger partial charge in [-0.25, -0.2) is 0 Å². The van der Waals surface area contributed by atoms with Crippen LogP contribution in [-0.2, 0) is 4.79 Å². The second kappa shape index (κ2) is 9.23. The molecule has 0 aromatic heterocycles. The van der Waals surface area contributed by atoms with E-state index in [1.54, 1.807) is 0 Å². The number of ether oxygens (including phenoxy) is 1. The fraction of sp³-hybridized carbons (Fsp3) is 0.562. The zero-order valence-corrected chi connectivity index (χ0v) is 12.7. The van der Waals surface area contributed by atoms with Gasteiger partial charge in [0.25, 0.3) is 5.91 Å². The lowest BCUT2D eigenvalue weighted by atomic mass is 10.1. The van der Waals surface area contributed by atoms with E-state index < -0.39 is 0 Å². The van der Waals surface area contributed by atoms with Crippen LogP contribution in [0.15, 0.2) is 24.3 Å². The Hall–Kier alpha value is -1.71. The molecule has 0 bridgehead atoms. The summed E-state index contributed by atoms with van der Waals surface area (Å²) in [6, 6.07) is 7.75.